The molecule has 0 saturated carbocycles. The Kier molecular flexibility index (Phi) is 6.33. The van der Waals surface area contributed by atoms with Crippen LogP contribution in [-0.2, 0) is 16.6 Å². The summed E-state index contributed by atoms with van der Waals surface area (Å²) in [4.78, 5) is 16.0. The first-order valence-corrected chi connectivity index (χ1v) is 12.0. The first-order chi connectivity index (χ1) is 15.9. The summed E-state index contributed by atoms with van der Waals surface area (Å²) in [5.41, 5.74) is 1.90. The summed E-state index contributed by atoms with van der Waals surface area (Å²) in [5.74, 6) is 0. The highest BCUT2D eigenvalue weighted by Crippen LogP contribution is 2.32. The number of carbonyl (C=O) groups excluding carboxylic acids is 1. The zero-order valence-corrected chi connectivity index (χ0v) is 19.1. The second-order valence-electron chi connectivity index (χ2n) is 7.83. The molecule has 0 aliphatic carbocycles. The molecule has 0 spiro atoms. The van der Waals surface area contributed by atoms with Gasteiger partial charge in [-0.25, -0.2) is 13.2 Å². The number of nitriles is 1. The highest BCUT2D eigenvalue weighted by molar-refractivity contribution is 7.92. The standard InChI is InChI=1S/C25H24N4O3S/c1-27-15-8-16-28(25(27)30)24-14-13-22(17-21(24)18-26)29(19-20-9-4-2-5-10-20)33(31,32)23-11-6-3-7-12-23/h2-7,9-14,17H,8,15-16,19H2,1H3. The number of anilines is 2. The largest absolute Gasteiger partial charge is 0.327 e. The summed E-state index contributed by atoms with van der Waals surface area (Å²) in [6, 6.07) is 24.3. The first kappa shape index (κ1) is 22.4. The van der Waals surface area contributed by atoms with Gasteiger partial charge in [-0.05, 0) is 42.3 Å². The van der Waals surface area contributed by atoms with Crippen molar-refractivity contribution >= 4 is 27.4 Å². The van der Waals surface area contributed by atoms with Crippen molar-refractivity contribution in [3.05, 3.63) is 90.0 Å². The minimum Gasteiger partial charge on any atom is -0.327 e. The first-order valence-electron chi connectivity index (χ1n) is 10.6. The number of hydrogen-bond acceptors (Lipinski definition) is 4. The third-order valence-electron chi connectivity index (χ3n) is 5.61. The van der Waals surface area contributed by atoms with Crippen molar-refractivity contribution in [2.75, 3.05) is 29.3 Å². The van der Waals surface area contributed by atoms with E-state index in [2.05, 4.69) is 6.07 Å². The number of hydrogen-bond donors (Lipinski definition) is 0. The molecule has 1 saturated heterocycles. The zero-order valence-electron chi connectivity index (χ0n) is 18.3. The van der Waals surface area contributed by atoms with E-state index in [9.17, 15) is 18.5 Å². The summed E-state index contributed by atoms with van der Waals surface area (Å²) < 4.78 is 28.5. The Labute approximate surface area is 194 Å². The predicted molar refractivity (Wildman–Crippen MR) is 127 cm³/mol. The van der Waals surface area contributed by atoms with E-state index >= 15 is 0 Å². The van der Waals surface area contributed by atoms with Crippen LogP contribution in [0.3, 0.4) is 0 Å². The molecule has 4 rings (SSSR count). The van der Waals surface area contributed by atoms with Crippen LogP contribution in [0.5, 0.6) is 0 Å². The molecule has 0 atom stereocenters. The Hall–Kier alpha value is -3.83. The molecule has 1 fully saturated rings. The van der Waals surface area contributed by atoms with Crippen LogP contribution in [0.2, 0.25) is 0 Å². The van der Waals surface area contributed by atoms with Crippen molar-refractivity contribution in [2.24, 2.45) is 0 Å². The summed E-state index contributed by atoms with van der Waals surface area (Å²) in [6.45, 7) is 1.27. The van der Waals surface area contributed by atoms with E-state index in [1.165, 1.54) is 4.31 Å². The van der Waals surface area contributed by atoms with Crippen molar-refractivity contribution in [1.82, 2.24) is 4.90 Å². The van der Waals surface area contributed by atoms with E-state index < -0.39 is 10.0 Å². The highest BCUT2D eigenvalue weighted by atomic mass is 32.2. The molecule has 0 N–H and O–H groups in total. The third-order valence-corrected chi connectivity index (χ3v) is 7.40. The number of rotatable bonds is 6. The monoisotopic (exact) mass is 460 g/mol. The molecule has 0 unspecified atom stereocenters. The maximum Gasteiger partial charge on any atom is 0.324 e. The van der Waals surface area contributed by atoms with E-state index in [1.54, 1.807) is 65.4 Å². The van der Waals surface area contributed by atoms with Crippen molar-refractivity contribution in [3.63, 3.8) is 0 Å². The molecule has 0 radical (unpaired) electrons. The average molecular weight is 461 g/mol. The molecular formula is C25H24N4O3S. The van der Waals surface area contributed by atoms with E-state index in [0.29, 0.717) is 24.5 Å². The summed E-state index contributed by atoms with van der Waals surface area (Å²) in [6.07, 6.45) is 0.789. The lowest BCUT2D eigenvalue weighted by molar-refractivity contribution is 0.207. The molecule has 8 heteroatoms. The SMILES string of the molecule is CN1CCCN(c2ccc(N(Cc3ccccc3)S(=O)(=O)c3ccccc3)cc2C#N)C1=O. The summed E-state index contributed by atoms with van der Waals surface area (Å²) >= 11 is 0. The number of amides is 2. The van der Waals surface area contributed by atoms with Gasteiger partial charge in [0.05, 0.1) is 28.4 Å². The van der Waals surface area contributed by atoms with Crippen molar-refractivity contribution < 1.29 is 13.2 Å². The Bertz CT molecular complexity index is 1290. The second kappa shape index (κ2) is 9.35. The van der Waals surface area contributed by atoms with E-state index in [0.717, 1.165) is 12.0 Å². The topological polar surface area (TPSA) is 84.7 Å². The van der Waals surface area contributed by atoms with E-state index in [1.807, 2.05) is 30.3 Å². The molecule has 1 aliphatic heterocycles. The minimum absolute atomic E-state index is 0.105. The maximum absolute atomic E-state index is 13.6. The van der Waals surface area contributed by atoms with Crippen LogP contribution in [-0.4, -0.2) is 39.5 Å². The molecule has 7 nitrogen and oxygen atoms in total. The molecule has 33 heavy (non-hydrogen) atoms. The molecule has 168 valence electrons. The fraction of sp³-hybridized carbons (Fsp3) is 0.200. The lowest BCUT2D eigenvalue weighted by atomic mass is 10.1. The number of nitrogens with zero attached hydrogens (tertiary/aromatic N) is 4. The van der Waals surface area contributed by atoms with Gasteiger partial charge in [0.2, 0.25) is 0 Å². The van der Waals surface area contributed by atoms with Crippen LogP contribution >= 0.6 is 0 Å². The summed E-state index contributed by atoms with van der Waals surface area (Å²) in [5, 5.41) is 9.85. The molecule has 2 amide bonds. The zero-order chi connectivity index (χ0) is 23.4. The molecule has 3 aromatic rings. The quantitative estimate of drug-likeness (QED) is 0.551. The van der Waals surface area contributed by atoms with Crippen molar-refractivity contribution in [2.45, 2.75) is 17.9 Å². The van der Waals surface area contributed by atoms with Crippen LogP contribution < -0.4 is 9.21 Å². The fourth-order valence-electron chi connectivity index (χ4n) is 3.87. The van der Waals surface area contributed by atoms with Crippen LogP contribution in [0.4, 0.5) is 16.2 Å². The number of benzene rings is 3. The van der Waals surface area contributed by atoms with Crippen LogP contribution in [0.25, 0.3) is 0 Å². The summed E-state index contributed by atoms with van der Waals surface area (Å²) in [7, 11) is -2.17. The van der Waals surface area contributed by atoms with Crippen LogP contribution in [0.1, 0.15) is 17.5 Å². The van der Waals surface area contributed by atoms with E-state index in [-0.39, 0.29) is 23.0 Å². The Morgan fingerprint density at radius 3 is 2.30 bits per heavy atom. The van der Waals surface area contributed by atoms with Gasteiger partial charge in [-0.2, -0.15) is 5.26 Å². The average Bonchev–Trinajstić information content (AvgIpc) is 2.85. The van der Waals surface area contributed by atoms with Crippen molar-refractivity contribution in [1.29, 1.82) is 5.26 Å². The van der Waals surface area contributed by atoms with Gasteiger partial charge in [-0.1, -0.05) is 48.5 Å². The predicted octanol–water partition coefficient (Wildman–Crippen LogP) is 4.22. The Morgan fingerprint density at radius 2 is 1.64 bits per heavy atom. The second-order valence-corrected chi connectivity index (χ2v) is 9.70. The molecule has 0 aromatic heterocycles. The minimum atomic E-state index is -3.90. The normalized spacial score (nSPS) is 14.1. The third kappa shape index (κ3) is 4.54. The Balaban J connectivity index is 1.79. The van der Waals surface area contributed by atoms with Gasteiger partial charge in [0, 0.05) is 20.1 Å². The number of carbonyl (C=O) groups is 1. The van der Waals surface area contributed by atoms with Gasteiger partial charge in [-0.15, -0.1) is 0 Å². The molecule has 3 aromatic carbocycles. The van der Waals surface area contributed by atoms with Gasteiger partial charge in [-0.3, -0.25) is 9.21 Å². The number of sulfonamides is 1. The van der Waals surface area contributed by atoms with Gasteiger partial charge in [0.15, 0.2) is 0 Å². The lowest BCUT2D eigenvalue weighted by Crippen LogP contribution is -2.47. The molecular weight excluding hydrogens is 436 g/mol. The van der Waals surface area contributed by atoms with Crippen LogP contribution in [0.15, 0.2) is 83.8 Å². The smallest absolute Gasteiger partial charge is 0.324 e. The maximum atomic E-state index is 13.6. The van der Waals surface area contributed by atoms with E-state index in [4.69, 9.17) is 0 Å². The Morgan fingerprint density at radius 1 is 0.970 bits per heavy atom. The van der Waals surface area contributed by atoms with Gasteiger partial charge < -0.3 is 4.90 Å². The molecule has 1 heterocycles. The van der Waals surface area contributed by atoms with Crippen molar-refractivity contribution in [3.8, 4) is 6.07 Å². The number of urea groups is 1. The van der Waals surface area contributed by atoms with Crippen LogP contribution in [0, 0.1) is 11.3 Å². The highest BCUT2D eigenvalue weighted by Gasteiger charge is 2.29. The van der Waals surface area contributed by atoms with Gasteiger partial charge in [0.25, 0.3) is 10.0 Å². The molecule has 1 aliphatic rings. The van der Waals surface area contributed by atoms with Gasteiger partial charge >= 0.3 is 6.03 Å². The van der Waals surface area contributed by atoms with Gasteiger partial charge in [0.1, 0.15) is 6.07 Å². The lowest BCUT2D eigenvalue weighted by Gasteiger charge is -2.34. The fourth-order valence-corrected chi connectivity index (χ4v) is 5.34. The molecule has 0 bridgehead atoms.